The van der Waals surface area contributed by atoms with Crippen LogP contribution >= 0.6 is 0 Å². The summed E-state index contributed by atoms with van der Waals surface area (Å²) >= 11 is 0. The molecule has 0 fully saturated rings. The van der Waals surface area contributed by atoms with E-state index in [-0.39, 0.29) is 12.1 Å². The standard InChI is InChI=1S/C16H15F3N2O2/c1-23-13-8-6-12(7-9-13)21-15(22)20-10-11-4-2-3-5-14(11)16(17,18)19/h2-9H,10H2,1H3,(H2,20,21,22). The van der Waals surface area contributed by atoms with Crippen molar-refractivity contribution in [3.63, 3.8) is 0 Å². The minimum Gasteiger partial charge on any atom is -0.497 e. The molecule has 2 aromatic rings. The van der Waals surface area contributed by atoms with Gasteiger partial charge in [-0.3, -0.25) is 0 Å². The van der Waals surface area contributed by atoms with Crippen LogP contribution in [0.3, 0.4) is 0 Å². The van der Waals surface area contributed by atoms with Crippen LogP contribution in [0.25, 0.3) is 0 Å². The van der Waals surface area contributed by atoms with Crippen molar-refractivity contribution in [2.45, 2.75) is 12.7 Å². The van der Waals surface area contributed by atoms with E-state index in [0.717, 1.165) is 6.07 Å². The largest absolute Gasteiger partial charge is 0.497 e. The second-order valence-corrected chi connectivity index (χ2v) is 4.69. The van der Waals surface area contributed by atoms with Gasteiger partial charge in [-0.2, -0.15) is 13.2 Å². The number of rotatable bonds is 4. The number of methoxy groups -OCH3 is 1. The molecule has 0 aliphatic carbocycles. The summed E-state index contributed by atoms with van der Waals surface area (Å²) in [5, 5.41) is 4.94. The average Bonchev–Trinajstić information content (AvgIpc) is 2.53. The molecule has 7 heteroatoms. The molecule has 2 rings (SSSR count). The maximum atomic E-state index is 12.9. The quantitative estimate of drug-likeness (QED) is 0.892. The first kappa shape index (κ1) is 16.7. The molecule has 0 radical (unpaired) electrons. The SMILES string of the molecule is COc1ccc(NC(=O)NCc2ccccc2C(F)(F)F)cc1. The second-order valence-electron chi connectivity index (χ2n) is 4.69. The van der Waals surface area contributed by atoms with E-state index >= 15 is 0 Å². The molecule has 0 aromatic heterocycles. The monoisotopic (exact) mass is 324 g/mol. The maximum Gasteiger partial charge on any atom is 0.416 e. The van der Waals surface area contributed by atoms with Gasteiger partial charge in [0.1, 0.15) is 5.75 Å². The number of alkyl halides is 3. The number of hydrogen-bond acceptors (Lipinski definition) is 2. The lowest BCUT2D eigenvalue weighted by Crippen LogP contribution is -2.29. The van der Waals surface area contributed by atoms with Crippen molar-refractivity contribution in [3.8, 4) is 5.75 Å². The normalized spacial score (nSPS) is 11.0. The van der Waals surface area contributed by atoms with Crippen LogP contribution in [0.5, 0.6) is 5.75 Å². The van der Waals surface area contributed by atoms with Crippen molar-refractivity contribution in [2.75, 3.05) is 12.4 Å². The van der Waals surface area contributed by atoms with Gasteiger partial charge in [0.05, 0.1) is 12.7 Å². The first-order chi connectivity index (χ1) is 10.9. The number of amides is 2. The first-order valence-corrected chi connectivity index (χ1v) is 6.74. The fraction of sp³-hybridized carbons (Fsp3) is 0.188. The zero-order valence-corrected chi connectivity index (χ0v) is 12.3. The van der Waals surface area contributed by atoms with E-state index in [9.17, 15) is 18.0 Å². The minimum absolute atomic E-state index is 0.00452. The Labute approximate surface area is 131 Å². The number of carbonyl (C=O) groups is 1. The number of halogens is 3. The molecule has 122 valence electrons. The Bertz CT molecular complexity index is 670. The van der Waals surface area contributed by atoms with E-state index in [1.165, 1.54) is 25.3 Å². The summed E-state index contributed by atoms with van der Waals surface area (Å²) in [7, 11) is 1.52. The summed E-state index contributed by atoms with van der Waals surface area (Å²) in [6.45, 7) is -0.225. The Morgan fingerprint density at radius 3 is 2.35 bits per heavy atom. The summed E-state index contributed by atoms with van der Waals surface area (Å²) in [5.74, 6) is 0.634. The Balaban J connectivity index is 1.97. The molecule has 23 heavy (non-hydrogen) atoms. The molecule has 0 heterocycles. The van der Waals surface area contributed by atoms with Crippen molar-refractivity contribution in [1.29, 1.82) is 0 Å². The smallest absolute Gasteiger partial charge is 0.416 e. The predicted molar refractivity (Wildman–Crippen MR) is 80.3 cm³/mol. The van der Waals surface area contributed by atoms with Gasteiger partial charge in [0.2, 0.25) is 0 Å². The van der Waals surface area contributed by atoms with E-state index in [0.29, 0.717) is 11.4 Å². The highest BCUT2D eigenvalue weighted by atomic mass is 19.4. The molecule has 2 amide bonds. The van der Waals surface area contributed by atoms with Crippen molar-refractivity contribution in [3.05, 3.63) is 59.7 Å². The molecule has 0 unspecified atom stereocenters. The molecule has 2 aromatic carbocycles. The second kappa shape index (κ2) is 7.04. The van der Waals surface area contributed by atoms with Crippen molar-refractivity contribution < 1.29 is 22.7 Å². The third-order valence-corrected chi connectivity index (χ3v) is 3.11. The molecule has 4 nitrogen and oxygen atoms in total. The van der Waals surface area contributed by atoms with Crippen LogP contribution in [-0.4, -0.2) is 13.1 Å². The highest BCUT2D eigenvalue weighted by molar-refractivity contribution is 5.89. The predicted octanol–water partition coefficient (Wildman–Crippen LogP) is 4.04. The number of hydrogen-bond donors (Lipinski definition) is 2. The Kier molecular flexibility index (Phi) is 5.10. The van der Waals surface area contributed by atoms with Crippen LogP contribution in [0.2, 0.25) is 0 Å². The Hall–Kier alpha value is -2.70. The third kappa shape index (κ3) is 4.64. The summed E-state index contributed by atoms with van der Waals surface area (Å²) in [4.78, 5) is 11.8. The highest BCUT2D eigenvalue weighted by Crippen LogP contribution is 2.31. The molecule has 0 saturated heterocycles. The van der Waals surface area contributed by atoms with Crippen LogP contribution in [0.1, 0.15) is 11.1 Å². The van der Waals surface area contributed by atoms with Crippen LogP contribution in [-0.2, 0) is 12.7 Å². The van der Waals surface area contributed by atoms with Crippen LogP contribution in [0.4, 0.5) is 23.7 Å². The number of anilines is 1. The van der Waals surface area contributed by atoms with Crippen molar-refractivity contribution in [1.82, 2.24) is 5.32 Å². The van der Waals surface area contributed by atoms with Crippen LogP contribution < -0.4 is 15.4 Å². The highest BCUT2D eigenvalue weighted by Gasteiger charge is 2.32. The van der Waals surface area contributed by atoms with Gasteiger partial charge in [0, 0.05) is 12.2 Å². The van der Waals surface area contributed by atoms with E-state index in [4.69, 9.17) is 4.74 Å². The lowest BCUT2D eigenvalue weighted by molar-refractivity contribution is -0.138. The fourth-order valence-electron chi connectivity index (χ4n) is 1.98. The molecule has 0 saturated carbocycles. The minimum atomic E-state index is -4.45. The summed E-state index contributed by atoms with van der Waals surface area (Å²) in [6.07, 6.45) is -4.45. The van der Waals surface area contributed by atoms with Gasteiger partial charge in [0.15, 0.2) is 0 Å². The van der Waals surface area contributed by atoms with Crippen LogP contribution in [0, 0.1) is 0 Å². The number of carbonyl (C=O) groups excluding carboxylic acids is 1. The Morgan fingerprint density at radius 1 is 1.09 bits per heavy atom. The van der Waals surface area contributed by atoms with Gasteiger partial charge in [0.25, 0.3) is 0 Å². The van der Waals surface area contributed by atoms with Gasteiger partial charge in [-0.15, -0.1) is 0 Å². The fourth-order valence-corrected chi connectivity index (χ4v) is 1.98. The van der Waals surface area contributed by atoms with Gasteiger partial charge < -0.3 is 15.4 Å². The zero-order valence-electron chi connectivity index (χ0n) is 12.3. The number of nitrogens with one attached hydrogen (secondary N) is 2. The zero-order chi connectivity index (χ0) is 16.9. The Morgan fingerprint density at radius 2 is 1.74 bits per heavy atom. The molecule has 2 N–H and O–H groups in total. The summed E-state index contributed by atoms with van der Waals surface area (Å²) in [5.41, 5.74) is -0.248. The van der Waals surface area contributed by atoms with Crippen LogP contribution in [0.15, 0.2) is 48.5 Å². The third-order valence-electron chi connectivity index (χ3n) is 3.11. The maximum absolute atomic E-state index is 12.9. The first-order valence-electron chi connectivity index (χ1n) is 6.74. The molecule has 0 atom stereocenters. The number of ether oxygens (including phenoxy) is 1. The molecular weight excluding hydrogens is 309 g/mol. The van der Waals surface area contributed by atoms with Gasteiger partial charge >= 0.3 is 12.2 Å². The molecule has 0 aliphatic rings. The number of benzene rings is 2. The molecule has 0 aliphatic heterocycles. The lowest BCUT2D eigenvalue weighted by atomic mass is 10.1. The van der Waals surface area contributed by atoms with Crippen molar-refractivity contribution in [2.24, 2.45) is 0 Å². The van der Waals surface area contributed by atoms with E-state index in [2.05, 4.69) is 10.6 Å². The van der Waals surface area contributed by atoms with Crippen molar-refractivity contribution >= 4 is 11.7 Å². The average molecular weight is 324 g/mol. The van der Waals surface area contributed by atoms with Gasteiger partial charge in [-0.25, -0.2) is 4.79 Å². The number of urea groups is 1. The molecule has 0 bridgehead atoms. The van der Waals surface area contributed by atoms with E-state index < -0.39 is 17.8 Å². The lowest BCUT2D eigenvalue weighted by Gasteiger charge is -2.13. The topological polar surface area (TPSA) is 50.4 Å². The van der Waals surface area contributed by atoms with E-state index in [1.807, 2.05) is 0 Å². The molecular formula is C16H15F3N2O2. The molecule has 0 spiro atoms. The summed E-state index contributed by atoms with van der Waals surface area (Å²) < 4.78 is 43.5. The van der Waals surface area contributed by atoms with E-state index in [1.54, 1.807) is 24.3 Å². The van der Waals surface area contributed by atoms with Gasteiger partial charge in [-0.05, 0) is 35.9 Å². The summed E-state index contributed by atoms with van der Waals surface area (Å²) in [6, 6.07) is 11.1. The van der Waals surface area contributed by atoms with Gasteiger partial charge in [-0.1, -0.05) is 18.2 Å².